The molecule has 1 aliphatic heterocycles. The lowest BCUT2D eigenvalue weighted by Crippen LogP contribution is -2.31. The molecule has 12 heteroatoms. The second kappa shape index (κ2) is 11.3. The number of ether oxygens (including phenoxy) is 3. The van der Waals surface area contributed by atoms with Gasteiger partial charge in [-0.2, -0.15) is 9.37 Å². The number of carbonyl (C=O) groups is 1. The number of hydrogen-bond acceptors (Lipinski definition) is 6. The number of alkyl halides is 1. The lowest BCUT2D eigenvalue weighted by Gasteiger charge is -2.27. The second-order valence-electron chi connectivity index (χ2n) is 9.51. The number of imidazole rings is 1. The first-order chi connectivity index (χ1) is 20.2. The number of halogens is 4. The topological polar surface area (TPSA) is 95.7 Å². The summed E-state index contributed by atoms with van der Waals surface area (Å²) in [6.07, 6.45) is -1.27. The van der Waals surface area contributed by atoms with Crippen molar-refractivity contribution in [2.75, 3.05) is 6.61 Å². The molecule has 1 aliphatic rings. The van der Waals surface area contributed by atoms with Crippen molar-refractivity contribution in [2.45, 2.75) is 25.4 Å². The van der Waals surface area contributed by atoms with E-state index in [4.69, 9.17) is 25.8 Å². The molecule has 0 amide bonds. The van der Waals surface area contributed by atoms with Gasteiger partial charge in [0.25, 0.3) is 6.36 Å². The molecule has 214 valence electrons. The molecule has 8 nitrogen and oxygen atoms in total. The van der Waals surface area contributed by atoms with Crippen LogP contribution >= 0.6 is 11.6 Å². The number of fused-ring (bicyclic) bond motifs is 1. The predicted molar refractivity (Wildman–Crippen MR) is 147 cm³/mol. The third-order valence-corrected chi connectivity index (χ3v) is 6.96. The van der Waals surface area contributed by atoms with Gasteiger partial charge in [-0.05, 0) is 55.0 Å². The van der Waals surface area contributed by atoms with Gasteiger partial charge in [-0.1, -0.05) is 29.8 Å². The molecule has 5 aromatic rings. The van der Waals surface area contributed by atoms with Crippen LogP contribution < -0.4 is 9.47 Å². The Hall–Kier alpha value is -4.61. The van der Waals surface area contributed by atoms with Gasteiger partial charge >= 0.3 is 12.0 Å². The molecule has 42 heavy (non-hydrogen) atoms. The third kappa shape index (κ3) is 5.61. The van der Waals surface area contributed by atoms with Crippen LogP contribution in [0, 0.1) is 11.6 Å². The zero-order valence-electron chi connectivity index (χ0n) is 21.6. The Balaban J connectivity index is 1.28. The number of carboxylic acids is 1. The van der Waals surface area contributed by atoms with E-state index in [1.807, 2.05) is 0 Å². The van der Waals surface area contributed by atoms with Crippen LogP contribution in [0.2, 0.25) is 5.02 Å². The van der Waals surface area contributed by atoms with Crippen LogP contribution in [0.4, 0.5) is 13.2 Å². The first-order valence-electron chi connectivity index (χ1n) is 12.8. The largest absolute Gasteiger partial charge is 0.478 e. The molecule has 0 spiro atoms. The Morgan fingerprint density at radius 1 is 1.07 bits per heavy atom. The maximum atomic E-state index is 15.3. The summed E-state index contributed by atoms with van der Waals surface area (Å²) in [5.74, 6) is -4.00. The number of hydrogen-bond donors (Lipinski definition) is 1. The van der Waals surface area contributed by atoms with Crippen LogP contribution in [0.15, 0.2) is 72.8 Å². The standard InChI is InChI=1S/C30H21ClF3N3O5/c31-19-7-4-16(5-8-19)28(34)41-26-3-1-2-23(35-26)18-12-21(32)27(22(33)13-18)42-30-36-24-9-6-17(29(38)39)14-25(24)37(30)15-20-10-11-40-20/h1-9,12-14,20,28H,10-11,15H2,(H,38,39)/t20-,28?/m0/s1. The van der Waals surface area contributed by atoms with Gasteiger partial charge in [0.1, 0.15) is 0 Å². The van der Waals surface area contributed by atoms with E-state index in [1.54, 1.807) is 0 Å². The predicted octanol–water partition coefficient (Wildman–Crippen LogP) is 7.36. The summed E-state index contributed by atoms with van der Waals surface area (Å²) in [5, 5.41) is 9.85. The van der Waals surface area contributed by atoms with Crippen LogP contribution in [0.5, 0.6) is 17.6 Å². The number of nitrogens with zero attached hydrogens (tertiary/aromatic N) is 3. The summed E-state index contributed by atoms with van der Waals surface area (Å²) in [6.45, 7) is 0.824. The maximum Gasteiger partial charge on any atom is 0.335 e. The van der Waals surface area contributed by atoms with Crippen LogP contribution in [-0.2, 0) is 11.3 Å². The van der Waals surface area contributed by atoms with E-state index < -0.39 is 29.7 Å². The first-order valence-corrected chi connectivity index (χ1v) is 13.2. The zero-order valence-corrected chi connectivity index (χ0v) is 22.4. The normalized spacial score (nSPS) is 15.3. The van der Waals surface area contributed by atoms with Gasteiger partial charge in [0, 0.05) is 28.8 Å². The fraction of sp³-hybridized carbons (Fsp3) is 0.167. The smallest absolute Gasteiger partial charge is 0.335 e. The third-order valence-electron chi connectivity index (χ3n) is 6.71. The molecule has 0 bridgehead atoms. The summed E-state index contributed by atoms with van der Waals surface area (Å²) in [4.78, 5) is 20.0. The summed E-state index contributed by atoms with van der Waals surface area (Å²) < 4.78 is 63.2. The van der Waals surface area contributed by atoms with Gasteiger partial charge < -0.3 is 19.3 Å². The number of pyridine rings is 1. The quantitative estimate of drug-likeness (QED) is 0.190. The van der Waals surface area contributed by atoms with Crippen molar-refractivity contribution in [1.82, 2.24) is 14.5 Å². The van der Waals surface area contributed by atoms with E-state index >= 15 is 8.78 Å². The summed E-state index contributed by atoms with van der Waals surface area (Å²) in [7, 11) is 0. The number of aromatic nitrogens is 3. The van der Waals surface area contributed by atoms with Gasteiger partial charge in [-0.3, -0.25) is 4.57 Å². The average molecular weight is 596 g/mol. The highest BCUT2D eigenvalue weighted by Gasteiger charge is 2.25. The van der Waals surface area contributed by atoms with Crippen molar-refractivity contribution in [1.29, 1.82) is 0 Å². The Bertz CT molecular complexity index is 1770. The minimum absolute atomic E-state index is 0.0254. The van der Waals surface area contributed by atoms with Gasteiger partial charge in [0.15, 0.2) is 11.6 Å². The monoisotopic (exact) mass is 595 g/mol. The van der Waals surface area contributed by atoms with Gasteiger partial charge in [0.05, 0.1) is 34.9 Å². The van der Waals surface area contributed by atoms with Gasteiger partial charge in [0.2, 0.25) is 11.6 Å². The summed E-state index contributed by atoms with van der Waals surface area (Å²) >= 11 is 5.84. The SMILES string of the molecule is O=C(O)c1ccc2nc(Oc3c(F)cc(-c4cccc(OC(F)c5ccc(Cl)cc5)n4)cc3F)n(C[C@@H]3CCO3)c2c1. The minimum Gasteiger partial charge on any atom is -0.478 e. The highest BCUT2D eigenvalue weighted by molar-refractivity contribution is 6.30. The first kappa shape index (κ1) is 27.6. The molecule has 0 saturated carbocycles. The Kier molecular flexibility index (Phi) is 7.44. The van der Waals surface area contributed by atoms with E-state index in [9.17, 15) is 14.3 Å². The highest BCUT2D eigenvalue weighted by atomic mass is 35.5. The molecule has 1 saturated heterocycles. The summed E-state index contributed by atoms with van der Waals surface area (Å²) in [5.41, 5.74) is 1.25. The van der Waals surface area contributed by atoms with Gasteiger partial charge in [-0.25, -0.2) is 18.6 Å². The Morgan fingerprint density at radius 2 is 1.81 bits per heavy atom. The number of aromatic carboxylic acids is 1. The highest BCUT2D eigenvalue weighted by Crippen LogP contribution is 2.35. The van der Waals surface area contributed by atoms with Gasteiger partial charge in [-0.15, -0.1) is 0 Å². The Morgan fingerprint density at radius 3 is 2.48 bits per heavy atom. The van der Waals surface area contributed by atoms with E-state index in [0.29, 0.717) is 22.7 Å². The van der Waals surface area contributed by atoms with E-state index in [-0.39, 0.29) is 46.9 Å². The Labute approximate surface area is 241 Å². The van der Waals surface area contributed by atoms with Crippen molar-refractivity contribution < 1.29 is 37.3 Å². The van der Waals surface area contributed by atoms with Crippen molar-refractivity contribution in [3.8, 4) is 28.9 Å². The number of rotatable bonds is 9. The van der Waals surface area contributed by atoms with Crippen LogP contribution in [0.25, 0.3) is 22.3 Å². The molecule has 3 heterocycles. The molecular weight excluding hydrogens is 575 g/mol. The van der Waals surface area contributed by atoms with Crippen LogP contribution in [0.3, 0.4) is 0 Å². The van der Waals surface area contributed by atoms with E-state index in [0.717, 1.165) is 18.6 Å². The maximum absolute atomic E-state index is 15.3. The van der Waals surface area contributed by atoms with Crippen molar-refractivity contribution in [2.24, 2.45) is 0 Å². The summed E-state index contributed by atoms with van der Waals surface area (Å²) in [6, 6.07) is 16.6. The molecule has 0 aliphatic carbocycles. The fourth-order valence-electron chi connectivity index (χ4n) is 4.45. The van der Waals surface area contributed by atoms with Crippen molar-refractivity contribution in [3.05, 3.63) is 101 Å². The lowest BCUT2D eigenvalue weighted by atomic mass is 10.1. The second-order valence-corrected chi connectivity index (χ2v) is 9.95. The molecule has 1 N–H and O–H groups in total. The molecule has 2 atom stereocenters. The fourth-order valence-corrected chi connectivity index (χ4v) is 4.57. The molecule has 3 aromatic carbocycles. The number of benzene rings is 3. The van der Waals surface area contributed by atoms with Crippen LogP contribution in [0.1, 0.15) is 28.7 Å². The molecule has 2 aromatic heterocycles. The van der Waals surface area contributed by atoms with E-state index in [1.165, 1.54) is 65.2 Å². The van der Waals surface area contributed by atoms with Crippen molar-refractivity contribution in [3.63, 3.8) is 0 Å². The molecule has 1 unspecified atom stereocenters. The van der Waals surface area contributed by atoms with Crippen LogP contribution in [-0.4, -0.2) is 38.3 Å². The molecule has 1 fully saturated rings. The molecule has 6 rings (SSSR count). The zero-order chi connectivity index (χ0) is 29.4. The minimum atomic E-state index is -1.84. The lowest BCUT2D eigenvalue weighted by molar-refractivity contribution is -0.0593. The van der Waals surface area contributed by atoms with Crippen molar-refractivity contribution >= 4 is 28.6 Å². The molecule has 0 radical (unpaired) electrons. The van der Waals surface area contributed by atoms with E-state index in [2.05, 4.69) is 9.97 Å². The average Bonchev–Trinajstić information content (AvgIpc) is 3.29. The number of carboxylic acid groups (broad SMARTS) is 1. The molecular formula is C30H21ClF3N3O5.